The zero-order chi connectivity index (χ0) is 11.5. The smallest absolute Gasteiger partial charge is 0.272 e. The first-order chi connectivity index (χ1) is 7.66. The molecule has 0 amide bonds. The minimum Gasteiger partial charge on any atom is -0.302 e. The average Bonchev–Trinajstić information content (AvgIpc) is 2.59. The summed E-state index contributed by atoms with van der Waals surface area (Å²) in [5.74, 6) is -0.311. The van der Waals surface area contributed by atoms with Crippen LogP contribution < -0.4 is 5.56 Å². The first kappa shape index (κ1) is 10.4. The average molecular weight is 219 g/mol. The zero-order valence-electron chi connectivity index (χ0n) is 8.62. The summed E-state index contributed by atoms with van der Waals surface area (Å²) < 4.78 is 12.6. The van der Waals surface area contributed by atoms with Crippen molar-refractivity contribution in [2.24, 2.45) is 4.99 Å². The van der Waals surface area contributed by atoms with Gasteiger partial charge in [-0.15, -0.1) is 0 Å². The maximum absolute atomic E-state index is 12.6. The summed E-state index contributed by atoms with van der Waals surface area (Å²) in [6.07, 6.45) is 1.46. The SMILES string of the molecule is Cc1[nH][nH]c(=O)c1C=Nc1ccc(F)cc1. The number of nitrogens with zero attached hydrogens (tertiary/aromatic N) is 1. The Morgan fingerprint density at radius 2 is 1.94 bits per heavy atom. The van der Waals surface area contributed by atoms with Gasteiger partial charge in [0.25, 0.3) is 5.56 Å². The van der Waals surface area contributed by atoms with Crippen molar-refractivity contribution in [2.75, 3.05) is 0 Å². The molecule has 1 aromatic heterocycles. The van der Waals surface area contributed by atoms with Crippen molar-refractivity contribution in [2.45, 2.75) is 6.92 Å². The van der Waals surface area contributed by atoms with Crippen LogP contribution >= 0.6 is 0 Å². The van der Waals surface area contributed by atoms with Gasteiger partial charge in [0, 0.05) is 11.9 Å². The number of rotatable bonds is 2. The van der Waals surface area contributed by atoms with Crippen LogP contribution in [-0.2, 0) is 0 Å². The van der Waals surface area contributed by atoms with Crippen LogP contribution in [0.2, 0.25) is 0 Å². The molecule has 0 unspecified atom stereocenters. The van der Waals surface area contributed by atoms with E-state index in [0.717, 1.165) is 5.69 Å². The summed E-state index contributed by atoms with van der Waals surface area (Å²) in [4.78, 5) is 15.4. The number of benzene rings is 1. The molecule has 5 heteroatoms. The molecule has 2 aromatic rings. The van der Waals surface area contributed by atoms with E-state index in [0.29, 0.717) is 11.3 Å². The number of nitrogens with one attached hydrogen (secondary N) is 2. The number of aryl methyl sites for hydroxylation is 1. The Labute approximate surface area is 90.8 Å². The minimum absolute atomic E-state index is 0.219. The largest absolute Gasteiger partial charge is 0.302 e. The van der Waals surface area contributed by atoms with E-state index in [9.17, 15) is 9.18 Å². The standard InChI is InChI=1S/C11H10FN3O/c1-7-10(11(16)15-14-7)6-13-9-4-2-8(12)3-5-9/h2-6H,1H3,(H2,14,15,16). The van der Waals surface area contributed by atoms with Gasteiger partial charge in [0.05, 0.1) is 11.3 Å². The number of aromatic nitrogens is 2. The monoisotopic (exact) mass is 219 g/mol. The lowest BCUT2D eigenvalue weighted by Gasteiger charge is -1.92. The summed E-state index contributed by atoms with van der Waals surface area (Å²) >= 11 is 0. The second-order valence-corrected chi connectivity index (χ2v) is 3.35. The molecule has 0 saturated heterocycles. The highest BCUT2D eigenvalue weighted by atomic mass is 19.1. The fraction of sp³-hybridized carbons (Fsp3) is 0.0909. The van der Waals surface area contributed by atoms with Crippen molar-refractivity contribution in [3.63, 3.8) is 0 Å². The lowest BCUT2D eigenvalue weighted by atomic mass is 10.3. The van der Waals surface area contributed by atoms with Gasteiger partial charge in [-0.1, -0.05) is 0 Å². The van der Waals surface area contributed by atoms with Gasteiger partial charge < -0.3 is 5.10 Å². The molecule has 0 atom stereocenters. The zero-order valence-corrected chi connectivity index (χ0v) is 8.62. The maximum atomic E-state index is 12.6. The van der Waals surface area contributed by atoms with Crippen LogP contribution in [0.25, 0.3) is 0 Å². The van der Waals surface area contributed by atoms with E-state index in [1.165, 1.54) is 18.3 Å². The highest BCUT2D eigenvalue weighted by Crippen LogP contribution is 2.11. The third kappa shape index (κ3) is 2.08. The number of hydrogen-bond donors (Lipinski definition) is 2. The molecule has 0 aliphatic rings. The topological polar surface area (TPSA) is 61.0 Å². The first-order valence-corrected chi connectivity index (χ1v) is 4.73. The number of aliphatic imine (C=N–C) groups is 1. The van der Waals surface area contributed by atoms with Gasteiger partial charge in [0.15, 0.2) is 0 Å². The second kappa shape index (κ2) is 4.14. The summed E-state index contributed by atoms with van der Waals surface area (Å²) in [5.41, 5.74) is 1.57. The fourth-order valence-electron chi connectivity index (χ4n) is 1.28. The lowest BCUT2D eigenvalue weighted by molar-refractivity contribution is 0.628. The summed E-state index contributed by atoms with van der Waals surface area (Å²) in [5, 5.41) is 5.14. The van der Waals surface area contributed by atoms with Crippen molar-refractivity contribution >= 4 is 11.9 Å². The van der Waals surface area contributed by atoms with E-state index in [1.54, 1.807) is 19.1 Å². The molecule has 0 aliphatic heterocycles. The lowest BCUT2D eigenvalue weighted by Crippen LogP contribution is -2.04. The Morgan fingerprint density at radius 3 is 2.50 bits per heavy atom. The van der Waals surface area contributed by atoms with Crippen molar-refractivity contribution in [1.29, 1.82) is 0 Å². The fourth-order valence-corrected chi connectivity index (χ4v) is 1.28. The van der Waals surface area contributed by atoms with E-state index < -0.39 is 0 Å². The Morgan fingerprint density at radius 1 is 1.25 bits per heavy atom. The Hall–Kier alpha value is -2.17. The third-order valence-electron chi connectivity index (χ3n) is 2.18. The Balaban J connectivity index is 2.28. The second-order valence-electron chi connectivity index (χ2n) is 3.35. The van der Waals surface area contributed by atoms with Crippen LogP contribution in [0, 0.1) is 12.7 Å². The van der Waals surface area contributed by atoms with E-state index in [2.05, 4.69) is 15.2 Å². The highest BCUT2D eigenvalue weighted by Gasteiger charge is 2.01. The van der Waals surface area contributed by atoms with Gasteiger partial charge in [0.1, 0.15) is 5.82 Å². The van der Waals surface area contributed by atoms with Gasteiger partial charge in [-0.3, -0.25) is 14.9 Å². The molecule has 0 fully saturated rings. The molecule has 0 spiro atoms. The summed E-state index contributed by atoms with van der Waals surface area (Å²) in [6, 6.07) is 5.73. The molecule has 82 valence electrons. The van der Waals surface area contributed by atoms with Gasteiger partial charge in [-0.2, -0.15) is 0 Å². The quantitative estimate of drug-likeness (QED) is 0.744. The third-order valence-corrected chi connectivity index (χ3v) is 2.18. The normalized spacial score (nSPS) is 11.1. The van der Waals surface area contributed by atoms with Crippen molar-refractivity contribution in [3.8, 4) is 0 Å². The number of aromatic amines is 2. The molecule has 0 aliphatic carbocycles. The highest BCUT2D eigenvalue weighted by molar-refractivity contribution is 5.82. The molecule has 0 radical (unpaired) electrons. The molecular formula is C11H10FN3O. The van der Waals surface area contributed by atoms with Crippen LogP contribution in [0.15, 0.2) is 34.1 Å². The van der Waals surface area contributed by atoms with Gasteiger partial charge in [-0.25, -0.2) is 4.39 Å². The summed E-state index contributed by atoms with van der Waals surface area (Å²) in [7, 11) is 0. The maximum Gasteiger partial charge on any atom is 0.272 e. The van der Waals surface area contributed by atoms with E-state index in [4.69, 9.17) is 0 Å². The van der Waals surface area contributed by atoms with Crippen LogP contribution in [0.1, 0.15) is 11.3 Å². The van der Waals surface area contributed by atoms with Crippen LogP contribution in [0.3, 0.4) is 0 Å². The Bertz CT molecular complexity index is 566. The molecule has 1 heterocycles. The number of H-pyrrole nitrogens is 2. The minimum atomic E-state index is -0.311. The number of hydrogen-bond acceptors (Lipinski definition) is 2. The predicted octanol–water partition coefficient (Wildman–Crippen LogP) is 1.90. The van der Waals surface area contributed by atoms with Crippen molar-refractivity contribution in [3.05, 3.63) is 51.7 Å². The van der Waals surface area contributed by atoms with Crippen LogP contribution in [0.5, 0.6) is 0 Å². The van der Waals surface area contributed by atoms with Gasteiger partial charge in [-0.05, 0) is 31.2 Å². The molecule has 2 N–H and O–H groups in total. The molecule has 4 nitrogen and oxygen atoms in total. The molecule has 16 heavy (non-hydrogen) atoms. The van der Waals surface area contributed by atoms with Crippen molar-refractivity contribution < 1.29 is 4.39 Å². The predicted molar refractivity (Wildman–Crippen MR) is 59.8 cm³/mol. The van der Waals surface area contributed by atoms with E-state index >= 15 is 0 Å². The first-order valence-electron chi connectivity index (χ1n) is 4.73. The van der Waals surface area contributed by atoms with E-state index in [1.807, 2.05) is 0 Å². The summed E-state index contributed by atoms with van der Waals surface area (Å²) in [6.45, 7) is 1.77. The van der Waals surface area contributed by atoms with Gasteiger partial charge >= 0.3 is 0 Å². The number of halogens is 1. The van der Waals surface area contributed by atoms with Crippen LogP contribution in [-0.4, -0.2) is 16.4 Å². The van der Waals surface area contributed by atoms with Crippen LogP contribution in [0.4, 0.5) is 10.1 Å². The molecular weight excluding hydrogens is 209 g/mol. The van der Waals surface area contributed by atoms with E-state index in [-0.39, 0.29) is 11.4 Å². The van der Waals surface area contributed by atoms with Gasteiger partial charge in [0.2, 0.25) is 0 Å². The van der Waals surface area contributed by atoms with Crippen molar-refractivity contribution in [1.82, 2.24) is 10.2 Å². The molecule has 0 saturated carbocycles. The molecule has 2 rings (SSSR count). The molecule has 0 bridgehead atoms. The molecule has 1 aromatic carbocycles. The Kier molecular flexibility index (Phi) is 2.68.